The number of hydrogen-bond donors (Lipinski definition) is 2. The number of nitrogens with one attached hydrogen (secondary N) is 2. The molecule has 0 aliphatic heterocycles. The van der Waals surface area contributed by atoms with Gasteiger partial charge in [-0.05, 0) is 37.1 Å². The van der Waals surface area contributed by atoms with Crippen molar-refractivity contribution in [3.05, 3.63) is 83.4 Å². The van der Waals surface area contributed by atoms with Gasteiger partial charge in [0.2, 0.25) is 10.0 Å². The summed E-state index contributed by atoms with van der Waals surface area (Å²) in [5, 5.41) is 2.27. The molecule has 0 aliphatic carbocycles. The van der Waals surface area contributed by atoms with Crippen LogP contribution in [-0.2, 0) is 23.1 Å². The predicted molar refractivity (Wildman–Crippen MR) is 116 cm³/mol. The molecule has 3 rings (SSSR count). The number of halogens is 1. The van der Waals surface area contributed by atoms with Crippen LogP contribution in [0.5, 0.6) is 0 Å². The summed E-state index contributed by atoms with van der Waals surface area (Å²) in [7, 11) is -3.35. The number of sulfonamides is 1. The second-order valence-electron chi connectivity index (χ2n) is 7.22. The zero-order valence-corrected chi connectivity index (χ0v) is 18.0. The van der Waals surface area contributed by atoms with Gasteiger partial charge < -0.3 is 5.32 Å². The highest BCUT2D eigenvalue weighted by Crippen LogP contribution is 2.15. The van der Waals surface area contributed by atoms with Gasteiger partial charge in [0, 0.05) is 31.0 Å². The quantitative estimate of drug-likeness (QED) is 0.558. The smallest absolute Gasteiger partial charge is 0.254 e. The standard InChI is InChI=1S/C22H23FN4O3S/c1-15(2)31(29,30)27-12-17-6-3-5-16(9-17)11-26-22(28)19-13-24-21(25-14-19)18-7-4-8-20(23)10-18/h3-10,13-15,27H,11-12H2,1-2H3,(H,26,28). The van der Waals surface area contributed by atoms with Gasteiger partial charge in [-0.25, -0.2) is 27.5 Å². The zero-order chi connectivity index (χ0) is 22.4. The molecule has 1 heterocycles. The Kier molecular flexibility index (Phi) is 7.09. The highest BCUT2D eigenvalue weighted by Gasteiger charge is 2.15. The molecule has 9 heteroatoms. The first-order valence-corrected chi connectivity index (χ1v) is 11.2. The monoisotopic (exact) mass is 442 g/mol. The number of rotatable bonds is 8. The van der Waals surface area contributed by atoms with E-state index in [9.17, 15) is 17.6 Å². The normalized spacial score (nSPS) is 11.5. The Bertz CT molecular complexity index is 1170. The first-order valence-electron chi connectivity index (χ1n) is 9.67. The van der Waals surface area contributed by atoms with E-state index in [4.69, 9.17) is 0 Å². The van der Waals surface area contributed by atoms with Crippen molar-refractivity contribution in [1.82, 2.24) is 20.0 Å². The van der Waals surface area contributed by atoms with Crippen molar-refractivity contribution in [2.45, 2.75) is 32.2 Å². The maximum Gasteiger partial charge on any atom is 0.254 e. The minimum atomic E-state index is -3.35. The fourth-order valence-corrected chi connectivity index (χ4v) is 3.41. The molecule has 0 spiro atoms. The van der Waals surface area contributed by atoms with Crippen LogP contribution in [-0.4, -0.2) is 29.5 Å². The molecule has 0 radical (unpaired) electrons. The first kappa shape index (κ1) is 22.5. The van der Waals surface area contributed by atoms with E-state index in [0.29, 0.717) is 11.4 Å². The van der Waals surface area contributed by atoms with Gasteiger partial charge in [-0.15, -0.1) is 0 Å². The van der Waals surface area contributed by atoms with Gasteiger partial charge in [0.1, 0.15) is 5.82 Å². The van der Waals surface area contributed by atoms with Crippen LogP contribution in [0.3, 0.4) is 0 Å². The molecule has 31 heavy (non-hydrogen) atoms. The number of nitrogens with zero attached hydrogens (tertiary/aromatic N) is 2. The van der Waals surface area contributed by atoms with E-state index in [2.05, 4.69) is 20.0 Å². The highest BCUT2D eigenvalue weighted by molar-refractivity contribution is 7.90. The van der Waals surface area contributed by atoms with Crippen LogP contribution in [0.15, 0.2) is 60.9 Å². The lowest BCUT2D eigenvalue weighted by molar-refractivity contribution is 0.0950. The molecule has 1 aromatic heterocycles. The molecule has 0 unspecified atom stereocenters. The van der Waals surface area contributed by atoms with Crippen LogP contribution in [0.25, 0.3) is 11.4 Å². The Morgan fingerprint density at radius 3 is 2.29 bits per heavy atom. The van der Waals surface area contributed by atoms with Crippen molar-refractivity contribution in [2.24, 2.45) is 0 Å². The minimum Gasteiger partial charge on any atom is -0.348 e. The van der Waals surface area contributed by atoms with E-state index >= 15 is 0 Å². The third kappa shape index (κ3) is 6.16. The fraction of sp³-hybridized carbons (Fsp3) is 0.227. The lowest BCUT2D eigenvalue weighted by atomic mass is 10.1. The maximum atomic E-state index is 13.3. The van der Waals surface area contributed by atoms with Crippen LogP contribution < -0.4 is 10.0 Å². The Balaban J connectivity index is 1.59. The second-order valence-corrected chi connectivity index (χ2v) is 9.54. The third-order valence-corrected chi connectivity index (χ3v) is 6.33. The third-order valence-electron chi connectivity index (χ3n) is 4.54. The van der Waals surface area contributed by atoms with Gasteiger partial charge in [-0.1, -0.05) is 36.4 Å². The van der Waals surface area contributed by atoms with E-state index in [0.717, 1.165) is 11.1 Å². The molecule has 0 bridgehead atoms. The van der Waals surface area contributed by atoms with Crippen molar-refractivity contribution in [3.8, 4) is 11.4 Å². The predicted octanol–water partition coefficient (Wildman–Crippen LogP) is 3.04. The van der Waals surface area contributed by atoms with Crippen LogP contribution in [0.4, 0.5) is 4.39 Å². The van der Waals surface area contributed by atoms with E-state index < -0.39 is 15.3 Å². The molecule has 0 fully saturated rings. The Morgan fingerprint density at radius 2 is 1.65 bits per heavy atom. The lowest BCUT2D eigenvalue weighted by Gasteiger charge is -2.11. The molecule has 162 valence electrons. The van der Waals surface area contributed by atoms with E-state index in [1.165, 1.54) is 24.5 Å². The summed E-state index contributed by atoms with van der Waals surface area (Å²) in [6, 6.07) is 13.2. The molecule has 0 saturated heterocycles. The summed E-state index contributed by atoms with van der Waals surface area (Å²) in [5.41, 5.74) is 2.42. The van der Waals surface area contributed by atoms with Gasteiger partial charge >= 0.3 is 0 Å². The fourth-order valence-electron chi connectivity index (χ4n) is 2.71. The van der Waals surface area contributed by atoms with E-state index in [1.54, 1.807) is 32.0 Å². The van der Waals surface area contributed by atoms with Crippen LogP contribution >= 0.6 is 0 Å². The van der Waals surface area contributed by atoms with Gasteiger partial charge in [0.15, 0.2) is 5.82 Å². The van der Waals surface area contributed by atoms with Crippen molar-refractivity contribution >= 4 is 15.9 Å². The van der Waals surface area contributed by atoms with Crippen LogP contribution in [0, 0.1) is 5.82 Å². The summed E-state index contributed by atoms with van der Waals surface area (Å²) < 4.78 is 39.7. The Hall–Kier alpha value is -3.17. The summed E-state index contributed by atoms with van der Waals surface area (Å²) in [5.74, 6) is -0.411. The zero-order valence-electron chi connectivity index (χ0n) is 17.2. The van der Waals surface area contributed by atoms with Crippen LogP contribution in [0.1, 0.15) is 35.3 Å². The number of hydrogen-bond acceptors (Lipinski definition) is 5. The van der Waals surface area contributed by atoms with E-state index in [1.807, 2.05) is 18.2 Å². The number of benzene rings is 2. The first-order chi connectivity index (χ1) is 14.7. The molecule has 0 saturated carbocycles. The summed E-state index contributed by atoms with van der Waals surface area (Å²) >= 11 is 0. The Morgan fingerprint density at radius 1 is 1.00 bits per heavy atom. The number of amides is 1. The van der Waals surface area contributed by atoms with E-state index in [-0.39, 0.29) is 30.4 Å². The lowest BCUT2D eigenvalue weighted by Crippen LogP contribution is -2.30. The second kappa shape index (κ2) is 9.76. The van der Waals surface area contributed by atoms with Gasteiger partial charge in [0.25, 0.3) is 5.91 Å². The van der Waals surface area contributed by atoms with Crippen molar-refractivity contribution < 1.29 is 17.6 Å². The number of carbonyl (C=O) groups is 1. The molecule has 3 aromatic rings. The van der Waals surface area contributed by atoms with Crippen molar-refractivity contribution in [1.29, 1.82) is 0 Å². The Labute approximate surface area is 180 Å². The van der Waals surface area contributed by atoms with Crippen LogP contribution in [0.2, 0.25) is 0 Å². The van der Waals surface area contributed by atoms with Crippen molar-refractivity contribution in [3.63, 3.8) is 0 Å². The number of carbonyl (C=O) groups excluding carboxylic acids is 1. The van der Waals surface area contributed by atoms with Crippen molar-refractivity contribution in [2.75, 3.05) is 0 Å². The maximum absolute atomic E-state index is 13.3. The SMILES string of the molecule is CC(C)S(=O)(=O)NCc1cccc(CNC(=O)c2cnc(-c3cccc(F)c3)nc2)c1. The summed E-state index contributed by atoms with van der Waals surface area (Å²) in [6.45, 7) is 3.66. The summed E-state index contributed by atoms with van der Waals surface area (Å²) in [6.07, 6.45) is 2.78. The molecule has 2 N–H and O–H groups in total. The molecule has 7 nitrogen and oxygen atoms in total. The van der Waals surface area contributed by atoms with Gasteiger partial charge in [0.05, 0.1) is 10.8 Å². The largest absolute Gasteiger partial charge is 0.348 e. The topological polar surface area (TPSA) is 101 Å². The molecule has 1 amide bonds. The summed E-state index contributed by atoms with van der Waals surface area (Å²) in [4.78, 5) is 20.7. The molecular weight excluding hydrogens is 419 g/mol. The minimum absolute atomic E-state index is 0.178. The average Bonchev–Trinajstić information content (AvgIpc) is 2.76. The highest BCUT2D eigenvalue weighted by atomic mass is 32.2. The molecule has 0 aliphatic rings. The van der Waals surface area contributed by atoms with Gasteiger partial charge in [-0.2, -0.15) is 0 Å². The number of aromatic nitrogens is 2. The molecular formula is C22H23FN4O3S. The molecule has 0 atom stereocenters. The van der Waals surface area contributed by atoms with Gasteiger partial charge in [-0.3, -0.25) is 4.79 Å². The molecule has 2 aromatic carbocycles. The average molecular weight is 443 g/mol.